The second kappa shape index (κ2) is 6.54. The SMILES string of the molecule is NC(=O)c1ccc(NC(=O)CSc2nc3[nH]ncc3c(=O)[nH]2)cc1. The maximum absolute atomic E-state index is 11.9. The van der Waals surface area contributed by atoms with Crippen molar-refractivity contribution < 1.29 is 9.59 Å². The van der Waals surface area contributed by atoms with Crippen LogP contribution in [-0.4, -0.2) is 37.7 Å². The molecule has 0 fully saturated rings. The Morgan fingerprint density at radius 3 is 2.71 bits per heavy atom. The molecule has 0 aliphatic carbocycles. The quantitative estimate of drug-likeness (QED) is 0.391. The van der Waals surface area contributed by atoms with Crippen molar-refractivity contribution in [2.75, 3.05) is 11.1 Å². The van der Waals surface area contributed by atoms with Gasteiger partial charge in [0.1, 0.15) is 5.39 Å². The molecule has 2 heterocycles. The van der Waals surface area contributed by atoms with Crippen LogP contribution in [0.15, 0.2) is 40.4 Å². The summed E-state index contributed by atoms with van der Waals surface area (Å²) in [6.45, 7) is 0. The third-order valence-corrected chi connectivity index (χ3v) is 3.96. The Bertz CT molecular complexity index is 963. The van der Waals surface area contributed by atoms with Gasteiger partial charge in [0.25, 0.3) is 5.56 Å². The second-order valence-electron chi connectivity index (χ2n) is 4.78. The molecule has 0 aliphatic heterocycles. The van der Waals surface area contributed by atoms with Crippen molar-refractivity contribution in [1.29, 1.82) is 0 Å². The zero-order valence-electron chi connectivity index (χ0n) is 12.2. The highest BCUT2D eigenvalue weighted by molar-refractivity contribution is 7.99. The average molecular weight is 344 g/mol. The first kappa shape index (κ1) is 15.7. The molecule has 122 valence electrons. The first-order valence-electron chi connectivity index (χ1n) is 6.79. The highest BCUT2D eigenvalue weighted by Crippen LogP contribution is 2.15. The van der Waals surface area contributed by atoms with Gasteiger partial charge in [0, 0.05) is 11.3 Å². The van der Waals surface area contributed by atoms with Crippen LogP contribution in [0.25, 0.3) is 11.0 Å². The number of aromatic amines is 2. The summed E-state index contributed by atoms with van der Waals surface area (Å²) < 4.78 is 0. The Balaban J connectivity index is 1.62. The van der Waals surface area contributed by atoms with Gasteiger partial charge in [-0.15, -0.1) is 0 Å². The lowest BCUT2D eigenvalue weighted by atomic mass is 10.2. The maximum atomic E-state index is 11.9. The van der Waals surface area contributed by atoms with Crippen LogP contribution in [0.4, 0.5) is 5.69 Å². The van der Waals surface area contributed by atoms with E-state index in [9.17, 15) is 14.4 Å². The minimum Gasteiger partial charge on any atom is -0.366 e. The third kappa shape index (κ3) is 3.43. The summed E-state index contributed by atoms with van der Waals surface area (Å²) >= 11 is 1.09. The van der Waals surface area contributed by atoms with Gasteiger partial charge < -0.3 is 16.0 Å². The van der Waals surface area contributed by atoms with Crippen LogP contribution in [0.2, 0.25) is 0 Å². The van der Waals surface area contributed by atoms with Crippen molar-refractivity contribution >= 4 is 40.3 Å². The summed E-state index contributed by atoms with van der Waals surface area (Å²) in [5, 5.41) is 9.70. The molecule has 5 N–H and O–H groups in total. The number of carbonyl (C=O) groups excluding carboxylic acids is 2. The summed E-state index contributed by atoms with van der Waals surface area (Å²) in [6, 6.07) is 6.21. The van der Waals surface area contributed by atoms with E-state index in [1.54, 1.807) is 12.1 Å². The number of hydrogen-bond acceptors (Lipinski definition) is 6. The molecule has 0 unspecified atom stereocenters. The number of fused-ring (bicyclic) bond motifs is 1. The molecule has 3 rings (SSSR count). The van der Waals surface area contributed by atoms with Gasteiger partial charge in [-0.3, -0.25) is 19.5 Å². The molecule has 0 atom stereocenters. The van der Waals surface area contributed by atoms with E-state index in [1.165, 1.54) is 18.3 Å². The highest BCUT2D eigenvalue weighted by Gasteiger charge is 2.09. The summed E-state index contributed by atoms with van der Waals surface area (Å²) in [5.74, 6) is -0.757. The van der Waals surface area contributed by atoms with Crippen LogP contribution in [0.5, 0.6) is 0 Å². The van der Waals surface area contributed by atoms with E-state index in [1.807, 2.05) is 0 Å². The summed E-state index contributed by atoms with van der Waals surface area (Å²) in [5.41, 5.74) is 6.09. The number of carbonyl (C=O) groups is 2. The van der Waals surface area contributed by atoms with Gasteiger partial charge in [-0.2, -0.15) is 5.10 Å². The van der Waals surface area contributed by atoms with Crippen molar-refractivity contribution in [3.63, 3.8) is 0 Å². The maximum Gasteiger partial charge on any atom is 0.262 e. The number of nitrogens with one attached hydrogen (secondary N) is 3. The Morgan fingerprint density at radius 1 is 1.25 bits per heavy atom. The van der Waals surface area contributed by atoms with Gasteiger partial charge in [-0.05, 0) is 24.3 Å². The minimum absolute atomic E-state index is 0.0557. The first-order valence-corrected chi connectivity index (χ1v) is 7.77. The largest absolute Gasteiger partial charge is 0.366 e. The van der Waals surface area contributed by atoms with Crippen LogP contribution in [0.1, 0.15) is 10.4 Å². The summed E-state index contributed by atoms with van der Waals surface area (Å²) in [4.78, 5) is 41.4. The molecule has 2 amide bonds. The molecule has 0 spiro atoms. The van der Waals surface area contributed by atoms with Crippen molar-refractivity contribution in [1.82, 2.24) is 20.2 Å². The number of nitrogens with two attached hydrogens (primary N) is 1. The molecule has 0 saturated carbocycles. The van der Waals surface area contributed by atoms with E-state index in [4.69, 9.17) is 5.73 Å². The summed E-state index contributed by atoms with van der Waals surface area (Å²) in [6.07, 6.45) is 1.39. The number of hydrogen-bond donors (Lipinski definition) is 4. The van der Waals surface area contributed by atoms with Gasteiger partial charge in [-0.25, -0.2) is 4.98 Å². The topological polar surface area (TPSA) is 147 Å². The number of primary amides is 1. The Morgan fingerprint density at radius 2 is 2.00 bits per heavy atom. The Labute approximate surface area is 139 Å². The fourth-order valence-electron chi connectivity index (χ4n) is 1.94. The zero-order chi connectivity index (χ0) is 17.1. The number of rotatable bonds is 5. The van der Waals surface area contributed by atoms with E-state index in [0.717, 1.165) is 11.8 Å². The molecular formula is C14H12N6O3S. The molecule has 9 nitrogen and oxygen atoms in total. The van der Waals surface area contributed by atoms with E-state index >= 15 is 0 Å². The molecule has 0 radical (unpaired) electrons. The molecular weight excluding hydrogens is 332 g/mol. The van der Waals surface area contributed by atoms with Crippen LogP contribution in [0, 0.1) is 0 Å². The molecule has 2 aromatic heterocycles. The lowest BCUT2D eigenvalue weighted by Crippen LogP contribution is -2.16. The van der Waals surface area contributed by atoms with Crippen LogP contribution in [0.3, 0.4) is 0 Å². The Hall–Kier alpha value is -3.14. The van der Waals surface area contributed by atoms with E-state index in [2.05, 4.69) is 25.5 Å². The van der Waals surface area contributed by atoms with Crippen molar-refractivity contribution in [3.05, 3.63) is 46.4 Å². The molecule has 0 aliphatic rings. The van der Waals surface area contributed by atoms with E-state index in [0.29, 0.717) is 27.4 Å². The van der Waals surface area contributed by atoms with Crippen LogP contribution < -0.4 is 16.6 Å². The van der Waals surface area contributed by atoms with Gasteiger partial charge >= 0.3 is 0 Å². The van der Waals surface area contributed by atoms with Crippen molar-refractivity contribution in [2.24, 2.45) is 5.73 Å². The molecule has 24 heavy (non-hydrogen) atoms. The first-order chi connectivity index (χ1) is 11.5. The zero-order valence-corrected chi connectivity index (χ0v) is 13.0. The number of anilines is 1. The predicted molar refractivity (Wildman–Crippen MR) is 88.8 cm³/mol. The number of benzene rings is 1. The third-order valence-electron chi connectivity index (χ3n) is 3.09. The number of nitrogens with zero attached hydrogens (tertiary/aromatic N) is 2. The molecule has 10 heteroatoms. The van der Waals surface area contributed by atoms with Gasteiger partial charge in [-0.1, -0.05) is 11.8 Å². The standard InChI is InChI=1S/C14H12N6O3S/c15-11(22)7-1-3-8(4-2-7)17-10(21)6-24-14-18-12-9(5-16-20-12)13(23)19-14/h1-5H,6H2,(H2,15,22)(H,17,21)(H2,16,18,19,20,23). The number of amides is 2. The predicted octanol–water partition coefficient (Wildman–Crippen LogP) is 0.476. The van der Waals surface area contributed by atoms with E-state index < -0.39 is 5.91 Å². The van der Waals surface area contributed by atoms with Crippen LogP contribution >= 0.6 is 11.8 Å². The minimum atomic E-state index is -0.535. The van der Waals surface area contributed by atoms with E-state index in [-0.39, 0.29) is 17.2 Å². The lowest BCUT2D eigenvalue weighted by Gasteiger charge is -2.05. The second-order valence-corrected chi connectivity index (χ2v) is 5.75. The van der Waals surface area contributed by atoms with Crippen LogP contribution in [-0.2, 0) is 4.79 Å². The lowest BCUT2D eigenvalue weighted by molar-refractivity contribution is -0.113. The molecule has 3 aromatic rings. The number of aromatic nitrogens is 4. The number of H-pyrrole nitrogens is 2. The van der Waals surface area contributed by atoms with Crippen molar-refractivity contribution in [3.8, 4) is 0 Å². The van der Waals surface area contributed by atoms with Gasteiger partial charge in [0.05, 0.1) is 11.9 Å². The monoisotopic (exact) mass is 344 g/mol. The molecule has 1 aromatic carbocycles. The average Bonchev–Trinajstić information content (AvgIpc) is 3.02. The molecule has 0 bridgehead atoms. The van der Waals surface area contributed by atoms with Crippen molar-refractivity contribution in [2.45, 2.75) is 5.16 Å². The van der Waals surface area contributed by atoms with Gasteiger partial charge in [0.2, 0.25) is 11.8 Å². The fourth-order valence-corrected chi connectivity index (χ4v) is 2.60. The smallest absolute Gasteiger partial charge is 0.262 e. The molecule has 0 saturated heterocycles. The summed E-state index contributed by atoms with van der Waals surface area (Å²) in [7, 11) is 0. The normalized spacial score (nSPS) is 10.7. The Kier molecular flexibility index (Phi) is 4.29. The number of thioether (sulfide) groups is 1. The van der Waals surface area contributed by atoms with Gasteiger partial charge in [0.15, 0.2) is 10.8 Å². The fraction of sp³-hybridized carbons (Fsp3) is 0.0714. The highest BCUT2D eigenvalue weighted by atomic mass is 32.2.